The second-order valence-corrected chi connectivity index (χ2v) is 4.33. The van der Waals surface area contributed by atoms with Gasteiger partial charge in [-0.3, -0.25) is 0 Å². The topological polar surface area (TPSA) is 20.2 Å². The Bertz CT molecular complexity index is 374. The molecule has 0 spiro atoms. The van der Waals surface area contributed by atoms with E-state index in [0.717, 1.165) is 36.8 Å². The molecule has 3 heteroatoms. The van der Waals surface area contributed by atoms with Crippen LogP contribution < -0.4 is 0 Å². The molecule has 16 heavy (non-hydrogen) atoms. The molecular weight excluding hydrogens is 210 g/mol. The molecule has 1 aromatic rings. The summed E-state index contributed by atoms with van der Waals surface area (Å²) in [6.45, 7) is -0.476. The van der Waals surface area contributed by atoms with E-state index in [1.54, 1.807) is 6.07 Å². The molecule has 1 N–H and O–H groups in total. The Kier molecular flexibility index (Phi) is 3.24. The molecule has 0 aliphatic heterocycles. The van der Waals surface area contributed by atoms with E-state index in [9.17, 15) is 8.78 Å². The molecule has 0 heterocycles. The molecule has 1 aliphatic rings. The third-order valence-corrected chi connectivity index (χ3v) is 3.22. The van der Waals surface area contributed by atoms with Gasteiger partial charge in [-0.2, -0.15) is 0 Å². The SMILES string of the molecule is OCCC(F)(F)c1cccc2c1CCCC2. The van der Waals surface area contributed by atoms with Gasteiger partial charge in [0.2, 0.25) is 0 Å². The normalized spacial score (nSPS) is 15.9. The number of benzene rings is 1. The number of halogens is 2. The Balaban J connectivity index is 2.40. The number of aryl methyl sites for hydroxylation is 1. The minimum atomic E-state index is -2.89. The van der Waals surface area contributed by atoms with Crippen LogP contribution in [0.4, 0.5) is 8.78 Å². The van der Waals surface area contributed by atoms with E-state index in [1.807, 2.05) is 6.07 Å². The van der Waals surface area contributed by atoms with E-state index in [0.29, 0.717) is 0 Å². The summed E-state index contributed by atoms with van der Waals surface area (Å²) < 4.78 is 27.6. The Morgan fingerprint density at radius 1 is 1.19 bits per heavy atom. The fraction of sp³-hybridized carbons (Fsp3) is 0.538. The summed E-state index contributed by atoms with van der Waals surface area (Å²) in [6.07, 6.45) is 3.23. The maximum absolute atomic E-state index is 13.8. The van der Waals surface area contributed by atoms with Crippen LogP contribution in [-0.4, -0.2) is 11.7 Å². The number of fused-ring (bicyclic) bond motifs is 1. The number of rotatable bonds is 3. The van der Waals surface area contributed by atoms with Gasteiger partial charge < -0.3 is 5.11 Å². The minimum Gasteiger partial charge on any atom is -0.396 e. The Labute approximate surface area is 94.1 Å². The summed E-state index contributed by atoms with van der Waals surface area (Å²) in [5.74, 6) is -2.89. The highest BCUT2D eigenvalue weighted by Crippen LogP contribution is 2.37. The molecule has 0 unspecified atom stereocenters. The van der Waals surface area contributed by atoms with Crippen molar-refractivity contribution in [1.82, 2.24) is 0 Å². The van der Waals surface area contributed by atoms with Crippen LogP contribution in [0.2, 0.25) is 0 Å². The maximum Gasteiger partial charge on any atom is 0.275 e. The molecule has 0 bridgehead atoms. The van der Waals surface area contributed by atoms with Gasteiger partial charge in [-0.1, -0.05) is 18.2 Å². The van der Waals surface area contributed by atoms with Gasteiger partial charge in [0.15, 0.2) is 0 Å². The average molecular weight is 226 g/mol. The molecule has 1 aliphatic carbocycles. The van der Waals surface area contributed by atoms with Crippen molar-refractivity contribution < 1.29 is 13.9 Å². The summed E-state index contributed by atoms with van der Waals surface area (Å²) in [4.78, 5) is 0. The zero-order chi connectivity index (χ0) is 11.6. The van der Waals surface area contributed by atoms with E-state index < -0.39 is 19.0 Å². The van der Waals surface area contributed by atoms with Gasteiger partial charge in [0.1, 0.15) is 0 Å². The summed E-state index contributed by atoms with van der Waals surface area (Å²) >= 11 is 0. The zero-order valence-electron chi connectivity index (χ0n) is 9.18. The van der Waals surface area contributed by atoms with Crippen LogP contribution in [0.3, 0.4) is 0 Å². The minimum absolute atomic E-state index is 0.124. The van der Waals surface area contributed by atoms with Crippen LogP contribution in [0, 0.1) is 0 Å². The fourth-order valence-electron chi connectivity index (χ4n) is 2.40. The van der Waals surface area contributed by atoms with E-state index in [-0.39, 0.29) is 5.56 Å². The predicted octanol–water partition coefficient (Wildman–Crippen LogP) is 3.04. The lowest BCUT2D eigenvalue weighted by atomic mass is 9.86. The summed E-state index contributed by atoms with van der Waals surface area (Å²) in [5.41, 5.74) is 1.99. The number of alkyl halides is 2. The number of hydrogen-bond donors (Lipinski definition) is 1. The van der Waals surface area contributed by atoms with Crippen LogP contribution in [0.1, 0.15) is 36.0 Å². The van der Waals surface area contributed by atoms with E-state index in [1.165, 1.54) is 6.07 Å². The predicted molar refractivity (Wildman–Crippen MR) is 58.7 cm³/mol. The van der Waals surface area contributed by atoms with Crippen LogP contribution in [0.5, 0.6) is 0 Å². The third-order valence-electron chi connectivity index (χ3n) is 3.22. The number of aliphatic hydroxyl groups is 1. The maximum atomic E-state index is 13.8. The molecule has 2 rings (SSSR count). The standard InChI is InChI=1S/C13H16F2O/c14-13(15,8-9-16)12-7-3-5-10-4-1-2-6-11(10)12/h3,5,7,16H,1-2,4,6,8-9H2. The molecule has 88 valence electrons. The van der Waals surface area contributed by atoms with E-state index in [2.05, 4.69) is 0 Å². The lowest BCUT2D eigenvalue weighted by Gasteiger charge is -2.24. The summed E-state index contributed by atoms with van der Waals surface area (Å²) in [5, 5.41) is 8.69. The molecule has 0 saturated carbocycles. The first-order valence-electron chi connectivity index (χ1n) is 5.75. The number of hydrogen-bond acceptors (Lipinski definition) is 1. The molecule has 0 saturated heterocycles. The van der Waals surface area contributed by atoms with Gasteiger partial charge in [-0.15, -0.1) is 0 Å². The van der Waals surface area contributed by atoms with Crippen LogP contribution >= 0.6 is 0 Å². The molecule has 0 radical (unpaired) electrons. The van der Waals surface area contributed by atoms with Crippen molar-refractivity contribution in [1.29, 1.82) is 0 Å². The first kappa shape index (κ1) is 11.5. The van der Waals surface area contributed by atoms with Gasteiger partial charge in [0.05, 0.1) is 0 Å². The highest BCUT2D eigenvalue weighted by Gasteiger charge is 2.34. The van der Waals surface area contributed by atoms with Crippen LogP contribution in [0.15, 0.2) is 18.2 Å². The molecule has 1 aromatic carbocycles. The van der Waals surface area contributed by atoms with Gasteiger partial charge in [0.25, 0.3) is 5.92 Å². The van der Waals surface area contributed by atoms with Crippen LogP contribution in [0.25, 0.3) is 0 Å². The Morgan fingerprint density at radius 2 is 1.94 bits per heavy atom. The second-order valence-electron chi connectivity index (χ2n) is 4.33. The number of aliphatic hydroxyl groups excluding tert-OH is 1. The highest BCUT2D eigenvalue weighted by atomic mass is 19.3. The molecule has 0 fully saturated rings. The first-order valence-corrected chi connectivity index (χ1v) is 5.75. The van der Waals surface area contributed by atoms with E-state index >= 15 is 0 Å². The molecule has 1 nitrogen and oxygen atoms in total. The highest BCUT2D eigenvalue weighted by molar-refractivity contribution is 5.39. The average Bonchev–Trinajstić information content (AvgIpc) is 2.28. The van der Waals surface area contributed by atoms with Crippen molar-refractivity contribution in [3.05, 3.63) is 34.9 Å². The van der Waals surface area contributed by atoms with Crippen LogP contribution in [-0.2, 0) is 18.8 Å². The lowest BCUT2D eigenvalue weighted by molar-refractivity contribution is -0.0279. The van der Waals surface area contributed by atoms with E-state index in [4.69, 9.17) is 5.11 Å². The Morgan fingerprint density at radius 3 is 2.69 bits per heavy atom. The Hall–Kier alpha value is -0.960. The van der Waals surface area contributed by atoms with Gasteiger partial charge in [-0.05, 0) is 36.8 Å². The van der Waals surface area contributed by atoms with Gasteiger partial charge >= 0.3 is 0 Å². The van der Waals surface area contributed by atoms with Crippen molar-refractivity contribution in [2.24, 2.45) is 0 Å². The van der Waals surface area contributed by atoms with Crippen molar-refractivity contribution >= 4 is 0 Å². The van der Waals surface area contributed by atoms with Crippen molar-refractivity contribution in [3.8, 4) is 0 Å². The van der Waals surface area contributed by atoms with Gasteiger partial charge in [-0.25, -0.2) is 8.78 Å². The molecule has 0 aromatic heterocycles. The van der Waals surface area contributed by atoms with Gasteiger partial charge in [0, 0.05) is 18.6 Å². The largest absolute Gasteiger partial charge is 0.396 e. The third kappa shape index (κ3) is 2.09. The fourth-order valence-corrected chi connectivity index (χ4v) is 2.40. The van der Waals surface area contributed by atoms with Crippen molar-refractivity contribution in [2.45, 2.75) is 38.0 Å². The second kappa shape index (κ2) is 4.50. The summed E-state index contributed by atoms with van der Waals surface area (Å²) in [7, 11) is 0. The zero-order valence-corrected chi connectivity index (χ0v) is 9.18. The van der Waals surface area contributed by atoms with Crippen molar-refractivity contribution in [3.63, 3.8) is 0 Å². The lowest BCUT2D eigenvalue weighted by Crippen LogP contribution is -2.20. The molecule has 0 atom stereocenters. The monoisotopic (exact) mass is 226 g/mol. The molecular formula is C13H16F2O. The van der Waals surface area contributed by atoms with Crippen molar-refractivity contribution in [2.75, 3.05) is 6.61 Å². The molecule has 0 amide bonds. The smallest absolute Gasteiger partial charge is 0.275 e. The quantitative estimate of drug-likeness (QED) is 0.839. The summed E-state index contributed by atoms with van der Waals surface area (Å²) in [6, 6.07) is 5.14. The first-order chi connectivity index (χ1) is 7.65.